The molecular formula is C12H26N2O5S. The quantitative estimate of drug-likeness (QED) is 0.509. The molecule has 20 heavy (non-hydrogen) atoms. The Morgan fingerprint density at radius 2 is 2.05 bits per heavy atom. The Kier molecular flexibility index (Phi) is 8.26. The van der Waals surface area contributed by atoms with E-state index in [1.165, 1.54) is 14.0 Å². The molecule has 8 heteroatoms. The molecule has 0 aliphatic carbocycles. The highest BCUT2D eigenvalue weighted by Gasteiger charge is 2.24. The van der Waals surface area contributed by atoms with Crippen molar-refractivity contribution in [3.63, 3.8) is 0 Å². The van der Waals surface area contributed by atoms with Gasteiger partial charge in [-0.3, -0.25) is 4.79 Å². The summed E-state index contributed by atoms with van der Waals surface area (Å²) in [6.45, 7) is 5.21. The molecule has 0 spiro atoms. The summed E-state index contributed by atoms with van der Waals surface area (Å²) in [5.74, 6) is -0.488. The number of hydrogen-bond donors (Lipinski definition) is 3. The molecule has 0 heterocycles. The number of nitrogens with one attached hydrogen (secondary N) is 2. The van der Waals surface area contributed by atoms with E-state index in [1.807, 2.05) is 0 Å². The number of amides is 1. The van der Waals surface area contributed by atoms with Gasteiger partial charge in [0.2, 0.25) is 15.9 Å². The number of methoxy groups -OCH3 is 1. The molecule has 2 atom stereocenters. The first-order valence-corrected chi connectivity index (χ1v) is 8.28. The van der Waals surface area contributed by atoms with E-state index in [0.717, 1.165) is 0 Å². The van der Waals surface area contributed by atoms with Crippen LogP contribution in [0.25, 0.3) is 0 Å². The molecule has 0 aromatic carbocycles. The molecule has 0 radical (unpaired) electrons. The largest absolute Gasteiger partial charge is 0.388 e. The van der Waals surface area contributed by atoms with Crippen LogP contribution in [-0.4, -0.2) is 57.1 Å². The van der Waals surface area contributed by atoms with Gasteiger partial charge in [-0.15, -0.1) is 0 Å². The number of carbonyl (C=O) groups is 1. The zero-order valence-corrected chi connectivity index (χ0v) is 13.4. The van der Waals surface area contributed by atoms with Gasteiger partial charge in [0.05, 0.1) is 17.4 Å². The van der Waals surface area contributed by atoms with Crippen molar-refractivity contribution in [3.05, 3.63) is 0 Å². The molecular weight excluding hydrogens is 284 g/mol. The molecule has 0 saturated carbocycles. The lowest BCUT2D eigenvalue weighted by atomic mass is 10.0. The normalized spacial score (nSPS) is 16.4. The van der Waals surface area contributed by atoms with Crippen LogP contribution in [-0.2, 0) is 19.6 Å². The van der Waals surface area contributed by atoms with E-state index in [1.54, 1.807) is 13.8 Å². The molecule has 0 saturated heterocycles. The third-order valence-electron chi connectivity index (χ3n) is 2.71. The Morgan fingerprint density at radius 1 is 1.45 bits per heavy atom. The molecule has 7 nitrogen and oxygen atoms in total. The highest BCUT2D eigenvalue weighted by Crippen LogP contribution is 2.07. The fourth-order valence-corrected chi connectivity index (χ4v) is 2.79. The molecule has 2 unspecified atom stereocenters. The lowest BCUT2D eigenvalue weighted by Gasteiger charge is -2.24. The van der Waals surface area contributed by atoms with Gasteiger partial charge in [-0.05, 0) is 20.3 Å². The van der Waals surface area contributed by atoms with E-state index in [-0.39, 0.29) is 12.3 Å². The van der Waals surface area contributed by atoms with E-state index in [0.29, 0.717) is 19.4 Å². The average molecular weight is 310 g/mol. The van der Waals surface area contributed by atoms with Gasteiger partial charge < -0.3 is 15.2 Å². The third-order valence-corrected chi connectivity index (χ3v) is 4.37. The summed E-state index contributed by atoms with van der Waals surface area (Å²) in [5, 5.41) is 12.5. The van der Waals surface area contributed by atoms with E-state index < -0.39 is 27.6 Å². The molecule has 0 aromatic rings. The maximum Gasteiger partial charge on any atom is 0.237 e. The SMILES string of the molecule is CCCS(=O)(=O)NC(C)C(=O)NCC(C)(O)CCOC. The molecule has 0 aliphatic heterocycles. The summed E-state index contributed by atoms with van der Waals surface area (Å²) in [7, 11) is -1.91. The van der Waals surface area contributed by atoms with E-state index >= 15 is 0 Å². The van der Waals surface area contributed by atoms with Gasteiger partial charge in [-0.2, -0.15) is 0 Å². The maximum atomic E-state index is 11.8. The van der Waals surface area contributed by atoms with Gasteiger partial charge >= 0.3 is 0 Å². The fraction of sp³-hybridized carbons (Fsp3) is 0.917. The smallest absolute Gasteiger partial charge is 0.237 e. The van der Waals surface area contributed by atoms with Crippen molar-refractivity contribution in [1.82, 2.24) is 10.0 Å². The standard InChI is InChI=1S/C12H26N2O5S/c1-5-8-20(17,18)14-10(2)11(15)13-9-12(3,16)6-7-19-4/h10,14,16H,5-9H2,1-4H3,(H,13,15). The summed E-state index contributed by atoms with van der Waals surface area (Å²) in [6, 6.07) is -0.871. The van der Waals surface area contributed by atoms with Crippen molar-refractivity contribution < 1.29 is 23.1 Å². The predicted molar refractivity (Wildman–Crippen MR) is 76.8 cm³/mol. The van der Waals surface area contributed by atoms with Gasteiger partial charge in [-0.25, -0.2) is 13.1 Å². The molecule has 0 rings (SSSR count). The van der Waals surface area contributed by atoms with Crippen molar-refractivity contribution in [3.8, 4) is 0 Å². The van der Waals surface area contributed by atoms with Crippen LogP contribution in [0.3, 0.4) is 0 Å². The highest BCUT2D eigenvalue weighted by atomic mass is 32.2. The molecule has 0 aliphatic rings. The number of carbonyl (C=O) groups excluding carboxylic acids is 1. The topological polar surface area (TPSA) is 105 Å². The summed E-state index contributed by atoms with van der Waals surface area (Å²) >= 11 is 0. The number of sulfonamides is 1. The Labute approximate surface area is 121 Å². The first-order chi connectivity index (χ1) is 9.13. The lowest BCUT2D eigenvalue weighted by molar-refractivity contribution is -0.123. The third kappa shape index (κ3) is 8.47. The zero-order chi connectivity index (χ0) is 15.8. The van der Waals surface area contributed by atoms with E-state index in [2.05, 4.69) is 10.0 Å². The summed E-state index contributed by atoms with van der Waals surface area (Å²) < 4.78 is 30.2. The first kappa shape index (κ1) is 19.3. The van der Waals surface area contributed by atoms with Crippen LogP contribution in [0.5, 0.6) is 0 Å². The molecule has 3 N–H and O–H groups in total. The summed E-state index contributed by atoms with van der Waals surface area (Å²) in [4.78, 5) is 11.8. The van der Waals surface area contributed by atoms with Gasteiger partial charge in [-0.1, -0.05) is 6.92 Å². The predicted octanol–water partition coefficient (Wildman–Crippen LogP) is -0.392. The lowest BCUT2D eigenvalue weighted by Crippen LogP contribution is -2.49. The Morgan fingerprint density at radius 3 is 2.55 bits per heavy atom. The molecule has 120 valence electrons. The Balaban J connectivity index is 4.27. The molecule has 0 fully saturated rings. The number of hydrogen-bond acceptors (Lipinski definition) is 5. The summed E-state index contributed by atoms with van der Waals surface area (Å²) in [6.07, 6.45) is 0.856. The zero-order valence-electron chi connectivity index (χ0n) is 12.6. The molecule has 1 amide bonds. The Hall–Kier alpha value is -0.700. The van der Waals surface area contributed by atoms with Crippen molar-refractivity contribution in [2.24, 2.45) is 0 Å². The van der Waals surface area contributed by atoms with Crippen molar-refractivity contribution >= 4 is 15.9 Å². The number of rotatable bonds is 10. The van der Waals surface area contributed by atoms with Crippen molar-refractivity contribution in [2.45, 2.75) is 45.3 Å². The second-order valence-electron chi connectivity index (χ2n) is 5.12. The number of aliphatic hydroxyl groups is 1. The minimum absolute atomic E-state index is 0.0177. The van der Waals surface area contributed by atoms with Crippen LogP contribution < -0.4 is 10.0 Å². The van der Waals surface area contributed by atoms with Crippen LogP contribution in [0.4, 0.5) is 0 Å². The minimum Gasteiger partial charge on any atom is -0.388 e. The van der Waals surface area contributed by atoms with Crippen molar-refractivity contribution in [2.75, 3.05) is 26.0 Å². The molecule has 0 aromatic heterocycles. The van der Waals surface area contributed by atoms with Crippen molar-refractivity contribution in [1.29, 1.82) is 0 Å². The van der Waals surface area contributed by atoms with Gasteiger partial charge in [0.15, 0.2) is 0 Å². The summed E-state index contributed by atoms with van der Waals surface area (Å²) in [5.41, 5.74) is -1.09. The first-order valence-electron chi connectivity index (χ1n) is 6.62. The van der Waals surface area contributed by atoms with E-state index in [9.17, 15) is 18.3 Å². The van der Waals surface area contributed by atoms with Gasteiger partial charge in [0.25, 0.3) is 0 Å². The second kappa shape index (κ2) is 8.56. The minimum atomic E-state index is -3.44. The van der Waals surface area contributed by atoms with Gasteiger partial charge in [0.1, 0.15) is 0 Å². The monoisotopic (exact) mass is 310 g/mol. The number of ether oxygens (including phenoxy) is 1. The van der Waals surface area contributed by atoms with E-state index in [4.69, 9.17) is 4.74 Å². The second-order valence-corrected chi connectivity index (χ2v) is 6.99. The van der Waals surface area contributed by atoms with Crippen LogP contribution in [0, 0.1) is 0 Å². The van der Waals surface area contributed by atoms with Gasteiger partial charge in [0, 0.05) is 26.7 Å². The van der Waals surface area contributed by atoms with Crippen LogP contribution in [0.1, 0.15) is 33.6 Å². The highest BCUT2D eigenvalue weighted by molar-refractivity contribution is 7.89. The van der Waals surface area contributed by atoms with Crippen LogP contribution >= 0.6 is 0 Å². The molecule has 0 bridgehead atoms. The van der Waals surface area contributed by atoms with Crippen LogP contribution in [0.15, 0.2) is 0 Å². The fourth-order valence-electron chi connectivity index (χ4n) is 1.49. The average Bonchev–Trinajstić information content (AvgIpc) is 2.33. The maximum absolute atomic E-state index is 11.8. The van der Waals surface area contributed by atoms with Crippen LogP contribution in [0.2, 0.25) is 0 Å². The Bertz CT molecular complexity index is 395.